The summed E-state index contributed by atoms with van der Waals surface area (Å²) in [7, 11) is -1.80. The van der Waals surface area contributed by atoms with Gasteiger partial charge in [-0.2, -0.15) is 0 Å². The van der Waals surface area contributed by atoms with Gasteiger partial charge in [-0.25, -0.2) is 13.2 Å². The molecular formula is C28H37Cl2N3O10S. The van der Waals surface area contributed by atoms with E-state index in [1.54, 1.807) is 24.3 Å². The molecule has 0 bridgehead atoms. The molecule has 13 nitrogen and oxygen atoms in total. The highest BCUT2D eigenvalue weighted by molar-refractivity contribution is 7.92. The number of fused-ring (bicyclic) bond motifs is 1. The molecule has 44 heavy (non-hydrogen) atoms. The van der Waals surface area contributed by atoms with Gasteiger partial charge in [-0.1, -0.05) is 35.3 Å². The molecule has 2 aromatic carbocycles. The second kappa shape index (κ2) is 17.2. The average molecular weight is 679 g/mol. The summed E-state index contributed by atoms with van der Waals surface area (Å²) in [6.07, 6.45) is -3.67. The second-order valence-corrected chi connectivity index (χ2v) is 12.9. The molecule has 1 aliphatic rings. The maximum absolute atomic E-state index is 12.7. The fourth-order valence-corrected chi connectivity index (χ4v) is 6.00. The maximum atomic E-state index is 12.7. The van der Waals surface area contributed by atoms with Crippen LogP contribution in [0.15, 0.2) is 36.4 Å². The van der Waals surface area contributed by atoms with Crippen molar-refractivity contribution < 1.29 is 47.5 Å². The van der Waals surface area contributed by atoms with Gasteiger partial charge in [0.2, 0.25) is 15.9 Å². The van der Waals surface area contributed by atoms with Crippen molar-refractivity contribution in [3.8, 4) is 0 Å². The second-order valence-electron chi connectivity index (χ2n) is 10.2. The largest absolute Gasteiger partial charge is 0.479 e. The van der Waals surface area contributed by atoms with Crippen molar-refractivity contribution >= 4 is 50.8 Å². The minimum absolute atomic E-state index is 0.0559. The lowest BCUT2D eigenvalue weighted by molar-refractivity contribution is -0.149. The number of aliphatic hydroxyl groups is 2. The molecule has 0 radical (unpaired) electrons. The third kappa shape index (κ3) is 11.8. The molecule has 0 aliphatic carbocycles. The molecule has 0 fully saturated rings. The van der Waals surface area contributed by atoms with Crippen molar-refractivity contribution in [3.05, 3.63) is 63.1 Å². The van der Waals surface area contributed by atoms with E-state index in [0.717, 1.165) is 16.7 Å². The molecule has 0 saturated carbocycles. The number of ether oxygens (including phenoxy) is 3. The van der Waals surface area contributed by atoms with E-state index >= 15 is 0 Å². The molecule has 0 aromatic heterocycles. The number of benzene rings is 2. The van der Waals surface area contributed by atoms with Crippen molar-refractivity contribution in [3.63, 3.8) is 0 Å². The van der Waals surface area contributed by atoms with Crippen LogP contribution in [0.2, 0.25) is 10.0 Å². The van der Waals surface area contributed by atoms with Crippen molar-refractivity contribution in [1.29, 1.82) is 0 Å². The number of carboxylic acids is 1. The van der Waals surface area contributed by atoms with E-state index in [9.17, 15) is 23.1 Å². The van der Waals surface area contributed by atoms with Gasteiger partial charge in [0.1, 0.15) is 0 Å². The minimum Gasteiger partial charge on any atom is -0.479 e. The van der Waals surface area contributed by atoms with Crippen molar-refractivity contribution in [2.45, 2.75) is 31.3 Å². The lowest BCUT2D eigenvalue weighted by Crippen LogP contribution is -2.33. The number of likely N-dealkylation sites (N-methyl/N-ethyl adjacent to an activating group) is 1. The number of amides is 1. The number of hydrogen-bond acceptors (Lipinski definition) is 10. The molecule has 244 valence electrons. The Bertz CT molecular complexity index is 1380. The van der Waals surface area contributed by atoms with Crippen LogP contribution in [0.3, 0.4) is 0 Å². The van der Waals surface area contributed by atoms with Gasteiger partial charge in [0.05, 0.1) is 45.2 Å². The molecule has 1 amide bonds. The predicted molar refractivity (Wildman–Crippen MR) is 163 cm³/mol. The molecule has 0 saturated heterocycles. The van der Waals surface area contributed by atoms with E-state index in [4.69, 9.17) is 47.6 Å². The quantitative estimate of drug-likeness (QED) is 0.114. The normalized spacial score (nSPS) is 16.6. The number of sulfonamides is 1. The smallest absolute Gasteiger partial charge is 0.333 e. The predicted octanol–water partition coefficient (Wildman–Crippen LogP) is 1.63. The summed E-state index contributed by atoms with van der Waals surface area (Å²) < 4.78 is 43.6. The molecule has 1 heterocycles. The summed E-state index contributed by atoms with van der Waals surface area (Å²) in [5, 5.41) is 31.1. The third-order valence-electron chi connectivity index (χ3n) is 6.58. The first-order valence-electron chi connectivity index (χ1n) is 13.7. The third-order valence-corrected chi connectivity index (χ3v) is 8.39. The lowest BCUT2D eigenvalue weighted by atomic mass is 9.84. The van der Waals surface area contributed by atoms with Gasteiger partial charge >= 0.3 is 5.97 Å². The Kier molecular flexibility index (Phi) is 14.1. The first-order chi connectivity index (χ1) is 20.8. The number of rotatable bonds is 18. The fourth-order valence-electron chi connectivity index (χ4n) is 4.52. The summed E-state index contributed by atoms with van der Waals surface area (Å²) in [6, 6.07) is 10.8. The fraction of sp³-hybridized carbons (Fsp3) is 0.500. The van der Waals surface area contributed by atoms with E-state index in [1.807, 2.05) is 19.2 Å². The van der Waals surface area contributed by atoms with Crippen LogP contribution in [0, 0.1) is 0 Å². The molecule has 3 atom stereocenters. The van der Waals surface area contributed by atoms with Crippen molar-refractivity contribution in [2.75, 3.05) is 63.6 Å². The van der Waals surface area contributed by atoms with Crippen molar-refractivity contribution in [2.24, 2.45) is 0 Å². The number of carbonyl (C=O) groups is 2. The Hall–Kier alpha value is -2.53. The molecular weight excluding hydrogens is 641 g/mol. The number of nitrogens with zero attached hydrogens (tertiary/aromatic N) is 1. The molecule has 5 N–H and O–H groups in total. The van der Waals surface area contributed by atoms with Gasteiger partial charge in [0, 0.05) is 41.3 Å². The number of halogens is 2. The summed E-state index contributed by atoms with van der Waals surface area (Å²) in [4.78, 5) is 24.1. The van der Waals surface area contributed by atoms with Crippen LogP contribution in [0.4, 0.5) is 5.69 Å². The Balaban J connectivity index is 1.36. The summed E-state index contributed by atoms with van der Waals surface area (Å²) >= 11 is 12.7. The highest BCUT2D eigenvalue weighted by atomic mass is 35.5. The van der Waals surface area contributed by atoms with Crippen LogP contribution in [-0.4, -0.2) is 112 Å². The lowest BCUT2D eigenvalue weighted by Gasteiger charge is -2.33. The number of aliphatic hydroxyl groups excluding tert-OH is 2. The van der Waals surface area contributed by atoms with Crippen LogP contribution < -0.4 is 10.0 Å². The van der Waals surface area contributed by atoms with Crippen LogP contribution in [0.5, 0.6) is 0 Å². The monoisotopic (exact) mass is 677 g/mol. The average Bonchev–Trinajstić information content (AvgIpc) is 2.94. The van der Waals surface area contributed by atoms with Gasteiger partial charge in [0.25, 0.3) is 0 Å². The first kappa shape index (κ1) is 35.9. The molecule has 1 aliphatic heterocycles. The first-order valence-corrected chi connectivity index (χ1v) is 16.1. The summed E-state index contributed by atoms with van der Waals surface area (Å²) in [5.41, 5.74) is 3.31. The highest BCUT2D eigenvalue weighted by Gasteiger charge is 2.27. The Labute approximate surface area is 266 Å². The zero-order valence-corrected chi connectivity index (χ0v) is 26.4. The van der Waals surface area contributed by atoms with Crippen LogP contribution in [-0.2, 0) is 40.4 Å². The SMILES string of the molecule is CN1Cc2c(Cl)cc(Cl)cc2[C@@H](c2cccc(NS(=O)(=O)CCO[C@@H](O)COCCOCCNC(=O)C[C@@H](O)C(=O)O)c2)C1. The van der Waals surface area contributed by atoms with Gasteiger partial charge < -0.3 is 39.7 Å². The molecule has 0 spiro atoms. The number of aliphatic carboxylic acids is 1. The van der Waals surface area contributed by atoms with Gasteiger partial charge in [-0.05, 0) is 48.0 Å². The van der Waals surface area contributed by atoms with E-state index in [1.165, 1.54) is 0 Å². The Morgan fingerprint density at radius 2 is 1.84 bits per heavy atom. The summed E-state index contributed by atoms with van der Waals surface area (Å²) in [6.45, 7) is 1.38. The van der Waals surface area contributed by atoms with E-state index in [-0.39, 0.29) is 45.5 Å². The standard InChI is InChI=1S/C28H37Cl2N3O10S/c1-33-15-22(21-12-19(29)13-24(30)23(21)16-33)18-3-2-4-20(11-18)32-44(39,40)10-9-43-27(36)17-42-8-7-41-6-5-31-26(35)14-25(34)28(37)38/h2-4,11-13,22,25,27,32,34,36H,5-10,14-17H2,1H3,(H,31,35)(H,37,38)/t22-,25-,27-/m1/s1. The van der Waals surface area contributed by atoms with E-state index in [2.05, 4.69) is 14.9 Å². The topological polar surface area (TPSA) is 184 Å². The number of hydrogen-bond donors (Lipinski definition) is 5. The van der Waals surface area contributed by atoms with Crippen LogP contribution >= 0.6 is 23.2 Å². The zero-order valence-electron chi connectivity index (χ0n) is 24.1. The number of nitrogens with one attached hydrogen (secondary N) is 2. The molecule has 16 heteroatoms. The van der Waals surface area contributed by atoms with Gasteiger partial charge in [-0.3, -0.25) is 9.52 Å². The van der Waals surface area contributed by atoms with Gasteiger partial charge in [0.15, 0.2) is 12.4 Å². The Morgan fingerprint density at radius 1 is 1.09 bits per heavy atom. The summed E-state index contributed by atoms with van der Waals surface area (Å²) in [5.74, 6) is -2.56. The van der Waals surface area contributed by atoms with E-state index in [0.29, 0.717) is 28.8 Å². The Morgan fingerprint density at radius 3 is 2.59 bits per heavy atom. The number of anilines is 1. The molecule has 3 rings (SSSR count). The maximum Gasteiger partial charge on any atom is 0.333 e. The number of carbonyl (C=O) groups excluding carboxylic acids is 1. The molecule has 0 unspecified atom stereocenters. The van der Waals surface area contributed by atoms with Crippen molar-refractivity contribution in [1.82, 2.24) is 10.2 Å². The van der Waals surface area contributed by atoms with Gasteiger partial charge in [-0.15, -0.1) is 0 Å². The van der Waals surface area contributed by atoms with E-state index < -0.39 is 46.5 Å². The van der Waals surface area contributed by atoms with Crippen LogP contribution in [0.25, 0.3) is 0 Å². The highest BCUT2D eigenvalue weighted by Crippen LogP contribution is 2.39. The number of carboxylic acid groups (broad SMARTS) is 1. The zero-order chi connectivity index (χ0) is 32.3. The molecule has 2 aromatic rings. The minimum atomic E-state index is -3.79. The van der Waals surface area contributed by atoms with Crippen LogP contribution in [0.1, 0.15) is 29.0 Å².